The summed E-state index contributed by atoms with van der Waals surface area (Å²) in [6.45, 7) is 1.40. The maximum Gasteiger partial charge on any atom is 0.418 e. The molecule has 0 fully saturated rings. The van der Waals surface area contributed by atoms with Crippen LogP contribution in [0.25, 0.3) is 22.3 Å². The van der Waals surface area contributed by atoms with E-state index in [4.69, 9.17) is 11.5 Å². The molecule has 5 aromatic rings. The van der Waals surface area contributed by atoms with Crippen LogP contribution in [0, 0.1) is 6.92 Å². The van der Waals surface area contributed by atoms with Gasteiger partial charge in [0.15, 0.2) is 0 Å². The average molecular weight is 633 g/mol. The number of carbonyl (C=O) groups excluding carboxylic acids is 4. The predicted molar refractivity (Wildman–Crippen MR) is 171 cm³/mol. The highest BCUT2D eigenvalue weighted by atomic mass is 19.4. The number of nitrogen functional groups attached to an aromatic ring is 2. The van der Waals surface area contributed by atoms with Crippen molar-refractivity contribution in [2.45, 2.75) is 13.1 Å². The largest absolute Gasteiger partial charge is 0.418 e. The van der Waals surface area contributed by atoms with Gasteiger partial charge in [0.05, 0.1) is 39.2 Å². The third-order valence-electron chi connectivity index (χ3n) is 8.36. The van der Waals surface area contributed by atoms with E-state index in [0.29, 0.717) is 43.9 Å². The first-order valence-electron chi connectivity index (χ1n) is 14.3. The number of rotatable bonds is 4. The summed E-state index contributed by atoms with van der Waals surface area (Å²) in [6, 6.07) is 24.3. The fourth-order valence-electron chi connectivity index (χ4n) is 5.96. The Hall–Kier alpha value is -6.23. The number of halogens is 3. The third kappa shape index (κ3) is 4.71. The highest BCUT2D eigenvalue weighted by molar-refractivity contribution is 6.36. The normalized spacial score (nSPS) is 14.2. The zero-order valence-corrected chi connectivity index (χ0v) is 24.6. The second-order valence-corrected chi connectivity index (χ2v) is 11.3. The molecule has 8 nitrogen and oxygen atoms in total. The summed E-state index contributed by atoms with van der Waals surface area (Å²) in [5.74, 6) is -3.46. The molecule has 0 unspecified atom stereocenters. The molecule has 4 N–H and O–H groups in total. The lowest BCUT2D eigenvalue weighted by Crippen LogP contribution is -2.33. The number of amides is 4. The van der Waals surface area contributed by atoms with Crippen molar-refractivity contribution in [3.63, 3.8) is 0 Å². The highest BCUT2D eigenvalue weighted by Gasteiger charge is 2.45. The number of fused-ring (bicyclic) bond motifs is 2. The number of imide groups is 2. The number of nitrogens with two attached hydrogens (primary N) is 2. The van der Waals surface area contributed by atoms with Crippen LogP contribution in [-0.4, -0.2) is 23.6 Å². The quantitative estimate of drug-likeness (QED) is 0.161. The molecule has 0 bridgehead atoms. The molecule has 0 saturated heterocycles. The molecule has 0 spiro atoms. The second-order valence-electron chi connectivity index (χ2n) is 11.3. The van der Waals surface area contributed by atoms with Gasteiger partial charge in [0.2, 0.25) is 0 Å². The van der Waals surface area contributed by atoms with E-state index in [0.717, 1.165) is 11.6 Å². The molecule has 0 saturated carbocycles. The number of nitrogens with zero attached hydrogens (tertiary/aromatic N) is 2. The molecule has 5 aromatic carbocycles. The first-order valence-corrected chi connectivity index (χ1v) is 14.3. The van der Waals surface area contributed by atoms with Gasteiger partial charge in [-0.15, -0.1) is 0 Å². The Labute approximate surface area is 265 Å². The van der Waals surface area contributed by atoms with Crippen molar-refractivity contribution in [2.24, 2.45) is 0 Å². The van der Waals surface area contributed by atoms with Crippen LogP contribution in [0.15, 0.2) is 97.1 Å². The van der Waals surface area contributed by atoms with E-state index in [-0.39, 0.29) is 33.5 Å². The fourth-order valence-corrected chi connectivity index (χ4v) is 5.96. The number of aryl methyl sites for hydroxylation is 1. The number of anilines is 4. The van der Waals surface area contributed by atoms with Crippen molar-refractivity contribution >= 4 is 46.4 Å². The third-order valence-corrected chi connectivity index (χ3v) is 8.36. The molecule has 11 heteroatoms. The van der Waals surface area contributed by atoms with Gasteiger partial charge in [0.25, 0.3) is 23.6 Å². The van der Waals surface area contributed by atoms with Gasteiger partial charge in [-0.05, 0) is 95.4 Å². The molecule has 47 heavy (non-hydrogen) atoms. The number of benzene rings is 5. The summed E-state index contributed by atoms with van der Waals surface area (Å²) < 4.78 is 44.0. The summed E-state index contributed by atoms with van der Waals surface area (Å²) in [6.07, 6.45) is -5.07. The summed E-state index contributed by atoms with van der Waals surface area (Å²) in [7, 11) is 0. The first kappa shape index (κ1) is 29.5. The lowest BCUT2D eigenvalue weighted by molar-refractivity contribution is -0.137. The van der Waals surface area contributed by atoms with Crippen LogP contribution in [0.3, 0.4) is 0 Å². The van der Waals surface area contributed by atoms with E-state index in [9.17, 15) is 32.3 Å². The van der Waals surface area contributed by atoms with Crippen molar-refractivity contribution in [3.8, 4) is 22.3 Å². The zero-order valence-electron chi connectivity index (χ0n) is 24.6. The van der Waals surface area contributed by atoms with Crippen LogP contribution in [-0.2, 0) is 6.18 Å². The monoisotopic (exact) mass is 632 g/mol. The SMILES string of the molecule is Cc1cc(N2C(=O)c3ccc(-c4ccc(N)cc4)cc3C2=O)c(C(F)(F)F)cc1N1C(=O)c2ccc(-c3ccc(N)cc3)cc2C1=O. The number of alkyl halides is 3. The molecule has 2 heterocycles. The van der Waals surface area contributed by atoms with Gasteiger partial charge < -0.3 is 11.5 Å². The Kier molecular flexibility index (Phi) is 6.53. The molecule has 0 radical (unpaired) electrons. The van der Waals surface area contributed by atoms with Gasteiger partial charge in [0.1, 0.15) is 0 Å². The summed E-state index contributed by atoms with van der Waals surface area (Å²) >= 11 is 0. The average Bonchev–Trinajstić information content (AvgIpc) is 3.44. The molecule has 0 aromatic heterocycles. The van der Waals surface area contributed by atoms with Crippen LogP contribution in [0.1, 0.15) is 52.6 Å². The van der Waals surface area contributed by atoms with Gasteiger partial charge >= 0.3 is 6.18 Å². The Balaban J connectivity index is 1.28. The van der Waals surface area contributed by atoms with Crippen molar-refractivity contribution < 1.29 is 32.3 Å². The fraction of sp³-hybridized carbons (Fsp3) is 0.0556. The summed E-state index contributed by atoms with van der Waals surface area (Å²) in [5, 5.41) is 0. The highest BCUT2D eigenvalue weighted by Crippen LogP contribution is 2.44. The summed E-state index contributed by atoms with van der Waals surface area (Å²) in [5.41, 5.74) is 12.8. The number of carbonyl (C=O) groups is 4. The van der Waals surface area contributed by atoms with Crippen LogP contribution >= 0.6 is 0 Å². The summed E-state index contributed by atoms with van der Waals surface area (Å²) in [4.78, 5) is 55.3. The molecular weight excluding hydrogens is 609 g/mol. The molecule has 232 valence electrons. The lowest BCUT2D eigenvalue weighted by Gasteiger charge is -2.24. The molecule has 7 rings (SSSR count). The minimum Gasteiger partial charge on any atom is -0.399 e. The molecule has 4 amide bonds. The molecular formula is C36H23F3N4O4. The van der Waals surface area contributed by atoms with E-state index in [2.05, 4.69) is 0 Å². The Morgan fingerprint density at radius 2 is 0.872 bits per heavy atom. The minimum absolute atomic E-state index is 0.0265. The van der Waals surface area contributed by atoms with Crippen molar-refractivity contribution in [1.82, 2.24) is 0 Å². The zero-order chi connectivity index (χ0) is 33.4. The van der Waals surface area contributed by atoms with Crippen LogP contribution < -0.4 is 21.3 Å². The van der Waals surface area contributed by atoms with E-state index in [1.54, 1.807) is 60.7 Å². The molecule has 2 aliphatic heterocycles. The maximum atomic E-state index is 14.7. The number of hydrogen-bond donors (Lipinski definition) is 2. The Bertz CT molecular complexity index is 2190. The standard InChI is InChI=1S/C36H23F3N4O4/c1-18-14-31(43-33(45)26-13-7-22(16-28(26)35(43)47)20-4-10-24(41)11-5-20)29(36(37,38)39)17-30(18)42-32(44)25-12-6-21(15-27(25)34(42)46)19-2-8-23(40)9-3-19/h2-17H,40-41H2,1H3. The number of hydrogen-bond acceptors (Lipinski definition) is 6. The van der Waals surface area contributed by atoms with Crippen molar-refractivity contribution in [2.75, 3.05) is 21.3 Å². The van der Waals surface area contributed by atoms with Crippen LogP contribution in [0.2, 0.25) is 0 Å². The topological polar surface area (TPSA) is 127 Å². The van der Waals surface area contributed by atoms with E-state index >= 15 is 0 Å². The minimum atomic E-state index is -5.07. The van der Waals surface area contributed by atoms with Gasteiger partial charge in [-0.2, -0.15) is 13.2 Å². The van der Waals surface area contributed by atoms with Crippen molar-refractivity contribution in [1.29, 1.82) is 0 Å². The maximum absolute atomic E-state index is 14.7. The predicted octanol–water partition coefficient (Wildman–Crippen LogP) is 7.11. The van der Waals surface area contributed by atoms with Gasteiger partial charge in [0, 0.05) is 11.4 Å². The Morgan fingerprint density at radius 3 is 1.30 bits per heavy atom. The van der Waals surface area contributed by atoms with Gasteiger partial charge in [-0.25, -0.2) is 9.80 Å². The lowest BCUT2D eigenvalue weighted by atomic mass is 10.00. The van der Waals surface area contributed by atoms with Crippen LogP contribution in [0.5, 0.6) is 0 Å². The molecule has 2 aliphatic rings. The van der Waals surface area contributed by atoms with Gasteiger partial charge in [-0.1, -0.05) is 36.4 Å². The van der Waals surface area contributed by atoms with E-state index in [1.807, 2.05) is 0 Å². The molecule has 0 aliphatic carbocycles. The molecule has 0 atom stereocenters. The van der Waals surface area contributed by atoms with Gasteiger partial charge in [-0.3, -0.25) is 19.2 Å². The van der Waals surface area contributed by atoms with E-state index in [1.165, 1.54) is 31.2 Å². The first-order chi connectivity index (χ1) is 22.3. The Morgan fingerprint density at radius 1 is 0.489 bits per heavy atom. The smallest absolute Gasteiger partial charge is 0.399 e. The van der Waals surface area contributed by atoms with E-state index < -0.39 is 41.1 Å². The van der Waals surface area contributed by atoms with Crippen molar-refractivity contribution in [3.05, 3.63) is 130 Å². The van der Waals surface area contributed by atoms with Crippen LogP contribution in [0.4, 0.5) is 35.9 Å². The second kappa shape index (κ2) is 10.4.